The first-order chi connectivity index (χ1) is 7.29. The van der Waals surface area contributed by atoms with E-state index in [1.54, 1.807) is 0 Å². The highest BCUT2D eigenvalue weighted by Crippen LogP contribution is 2.56. The SMILES string of the molecule is C=C[C@]1(C)CC[C@@H](CO)C(C)(C)[C@@H]1C(=C)C. The molecule has 1 fully saturated rings. The Labute approximate surface area is 100 Å². The van der Waals surface area contributed by atoms with Crippen LogP contribution in [-0.4, -0.2) is 11.7 Å². The summed E-state index contributed by atoms with van der Waals surface area (Å²) in [5.41, 5.74) is 1.44. The van der Waals surface area contributed by atoms with Gasteiger partial charge in [-0.15, -0.1) is 6.58 Å². The third-order valence-electron chi connectivity index (χ3n) is 4.67. The lowest BCUT2D eigenvalue weighted by atomic mass is 9.51. The zero-order chi connectivity index (χ0) is 12.6. The minimum absolute atomic E-state index is 0.0990. The van der Waals surface area contributed by atoms with Crippen LogP contribution in [0.25, 0.3) is 0 Å². The van der Waals surface area contributed by atoms with E-state index >= 15 is 0 Å². The molecule has 1 heteroatoms. The highest BCUT2D eigenvalue weighted by atomic mass is 16.3. The van der Waals surface area contributed by atoms with Gasteiger partial charge in [0.25, 0.3) is 0 Å². The van der Waals surface area contributed by atoms with Gasteiger partial charge < -0.3 is 5.11 Å². The van der Waals surface area contributed by atoms with Gasteiger partial charge in [0.2, 0.25) is 0 Å². The van der Waals surface area contributed by atoms with E-state index in [-0.39, 0.29) is 17.4 Å². The van der Waals surface area contributed by atoms with Gasteiger partial charge >= 0.3 is 0 Å². The van der Waals surface area contributed by atoms with E-state index in [0.717, 1.165) is 12.8 Å². The second kappa shape index (κ2) is 4.37. The van der Waals surface area contributed by atoms with Crippen molar-refractivity contribution in [3.8, 4) is 0 Å². The van der Waals surface area contributed by atoms with Gasteiger partial charge in [-0.2, -0.15) is 0 Å². The molecular formula is C15H26O. The molecule has 92 valence electrons. The van der Waals surface area contributed by atoms with Crippen molar-refractivity contribution in [3.05, 3.63) is 24.8 Å². The maximum Gasteiger partial charge on any atom is 0.0464 e. The Bertz CT molecular complexity index is 290. The summed E-state index contributed by atoms with van der Waals surface area (Å²) in [5.74, 6) is 0.783. The molecule has 16 heavy (non-hydrogen) atoms. The molecule has 1 saturated carbocycles. The van der Waals surface area contributed by atoms with Crippen molar-refractivity contribution in [2.75, 3.05) is 6.61 Å². The quantitative estimate of drug-likeness (QED) is 0.720. The van der Waals surface area contributed by atoms with Gasteiger partial charge in [-0.05, 0) is 42.4 Å². The van der Waals surface area contributed by atoms with Gasteiger partial charge in [-0.1, -0.05) is 39.0 Å². The minimum Gasteiger partial charge on any atom is -0.396 e. The molecule has 0 amide bonds. The van der Waals surface area contributed by atoms with Gasteiger partial charge in [0, 0.05) is 6.61 Å². The number of rotatable bonds is 3. The Kier molecular flexibility index (Phi) is 3.69. The predicted octanol–water partition coefficient (Wildman–Crippen LogP) is 3.80. The summed E-state index contributed by atoms with van der Waals surface area (Å²) in [7, 11) is 0. The number of aliphatic hydroxyl groups excluding tert-OH is 1. The highest BCUT2D eigenvalue weighted by Gasteiger charge is 2.49. The van der Waals surface area contributed by atoms with Crippen LogP contribution in [0.4, 0.5) is 0 Å². The molecule has 0 aromatic heterocycles. The maximum atomic E-state index is 9.51. The number of hydrogen-bond acceptors (Lipinski definition) is 1. The summed E-state index contributed by atoms with van der Waals surface area (Å²) in [6, 6.07) is 0. The molecule has 1 nitrogen and oxygen atoms in total. The summed E-state index contributed by atoms with van der Waals surface area (Å²) in [6.07, 6.45) is 4.26. The van der Waals surface area contributed by atoms with Crippen LogP contribution in [-0.2, 0) is 0 Å². The first-order valence-corrected chi connectivity index (χ1v) is 6.19. The highest BCUT2D eigenvalue weighted by molar-refractivity contribution is 5.17. The zero-order valence-electron chi connectivity index (χ0n) is 11.2. The van der Waals surface area contributed by atoms with E-state index in [4.69, 9.17) is 0 Å². The molecule has 0 radical (unpaired) electrons. The van der Waals surface area contributed by atoms with Gasteiger partial charge in [-0.25, -0.2) is 0 Å². The lowest BCUT2D eigenvalue weighted by Gasteiger charge is -2.54. The molecule has 0 unspecified atom stereocenters. The monoisotopic (exact) mass is 222 g/mol. The summed E-state index contributed by atoms with van der Waals surface area (Å²) in [5, 5.41) is 9.51. The predicted molar refractivity (Wildman–Crippen MR) is 70.2 cm³/mol. The van der Waals surface area contributed by atoms with Crippen molar-refractivity contribution in [1.29, 1.82) is 0 Å². The van der Waals surface area contributed by atoms with E-state index in [0.29, 0.717) is 11.8 Å². The van der Waals surface area contributed by atoms with Crippen molar-refractivity contribution < 1.29 is 5.11 Å². The Morgan fingerprint density at radius 3 is 2.38 bits per heavy atom. The molecule has 1 rings (SSSR count). The number of aliphatic hydroxyl groups is 1. The normalized spacial score (nSPS) is 38.1. The van der Waals surface area contributed by atoms with Gasteiger partial charge in [0.1, 0.15) is 0 Å². The Morgan fingerprint density at radius 1 is 1.44 bits per heavy atom. The van der Waals surface area contributed by atoms with Crippen LogP contribution in [0.1, 0.15) is 40.5 Å². The van der Waals surface area contributed by atoms with Crippen LogP contribution >= 0.6 is 0 Å². The van der Waals surface area contributed by atoms with Crippen LogP contribution in [0.15, 0.2) is 24.8 Å². The average Bonchev–Trinajstić information content (AvgIpc) is 2.16. The van der Waals surface area contributed by atoms with Crippen LogP contribution < -0.4 is 0 Å². The van der Waals surface area contributed by atoms with E-state index in [1.165, 1.54) is 5.57 Å². The zero-order valence-corrected chi connectivity index (χ0v) is 11.2. The van der Waals surface area contributed by atoms with Crippen LogP contribution in [0, 0.1) is 22.7 Å². The smallest absolute Gasteiger partial charge is 0.0464 e. The second-order valence-electron chi connectivity index (χ2n) is 6.23. The number of allylic oxidation sites excluding steroid dienone is 2. The standard InChI is InChI=1S/C15H26O/c1-7-15(6)9-8-12(10-16)14(4,5)13(15)11(2)3/h7,12-13,16H,1-2,8-10H2,3-6H3/t12-,13-,15+/m0/s1. The van der Waals surface area contributed by atoms with Crippen LogP contribution in [0.3, 0.4) is 0 Å². The fraction of sp³-hybridized carbons (Fsp3) is 0.733. The molecular weight excluding hydrogens is 196 g/mol. The van der Waals surface area contributed by atoms with Gasteiger partial charge in [-0.3, -0.25) is 0 Å². The second-order valence-corrected chi connectivity index (χ2v) is 6.23. The fourth-order valence-electron chi connectivity index (χ4n) is 3.83. The molecule has 1 aliphatic carbocycles. The minimum atomic E-state index is 0.0990. The largest absolute Gasteiger partial charge is 0.396 e. The van der Waals surface area contributed by atoms with Crippen molar-refractivity contribution in [2.24, 2.45) is 22.7 Å². The van der Waals surface area contributed by atoms with Crippen LogP contribution in [0.2, 0.25) is 0 Å². The molecule has 0 aromatic rings. The average molecular weight is 222 g/mol. The molecule has 0 saturated heterocycles. The maximum absolute atomic E-state index is 9.51. The summed E-state index contributed by atoms with van der Waals surface area (Å²) in [6.45, 7) is 17.3. The third kappa shape index (κ3) is 1.98. The van der Waals surface area contributed by atoms with Crippen molar-refractivity contribution >= 4 is 0 Å². The van der Waals surface area contributed by atoms with Crippen molar-refractivity contribution in [1.82, 2.24) is 0 Å². The molecule has 0 bridgehead atoms. The lowest BCUT2D eigenvalue weighted by Crippen LogP contribution is -2.47. The lowest BCUT2D eigenvalue weighted by molar-refractivity contribution is -0.0223. The van der Waals surface area contributed by atoms with Crippen molar-refractivity contribution in [3.63, 3.8) is 0 Å². The summed E-state index contributed by atoms with van der Waals surface area (Å²) in [4.78, 5) is 0. The Morgan fingerprint density at radius 2 is 2.00 bits per heavy atom. The van der Waals surface area contributed by atoms with E-state index in [1.807, 2.05) is 0 Å². The molecule has 0 aromatic carbocycles. The topological polar surface area (TPSA) is 20.2 Å². The van der Waals surface area contributed by atoms with Gasteiger partial charge in [0.15, 0.2) is 0 Å². The fourth-order valence-corrected chi connectivity index (χ4v) is 3.83. The Hall–Kier alpha value is -0.560. The summed E-state index contributed by atoms with van der Waals surface area (Å²) >= 11 is 0. The van der Waals surface area contributed by atoms with Gasteiger partial charge in [0.05, 0.1) is 0 Å². The number of hydrogen-bond donors (Lipinski definition) is 1. The third-order valence-corrected chi connectivity index (χ3v) is 4.67. The Balaban J connectivity index is 3.16. The molecule has 1 aliphatic rings. The molecule has 0 heterocycles. The molecule has 0 spiro atoms. The molecule has 3 atom stereocenters. The van der Waals surface area contributed by atoms with E-state index in [9.17, 15) is 5.11 Å². The first-order valence-electron chi connectivity index (χ1n) is 6.19. The summed E-state index contributed by atoms with van der Waals surface area (Å²) < 4.78 is 0. The first kappa shape index (κ1) is 13.5. The van der Waals surface area contributed by atoms with Crippen LogP contribution in [0.5, 0.6) is 0 Å². The van der Waals surface area contributed by atoms with E-state index in [2.05, 4.69) is 46.9 Å². The van der Waals surface area contributed by atoms with Crippen molar-refractivity contribution in [2.45, 2.75) is 40.5 Å². The molecule has 0 aliphatic heterocycles. The molecule has 1 N–H and O–H groups in total. The van der Waals surface area contributed by atoms with E-state index < -0.39 is 0 Å².